The second-order valence-electron chi connectivity index (χ2n) is 6.04. The van der Waals surface area contributed by atoms with Crippen LogP contribution in [0.3, 0.4) is 0 Å². The molecule has 0 saturated carbocycles. The summed E-state index contributed by atoms with van der Waals surface area (Å²) in [5.74, 6) is -0.273. The standard InChI is InChI=1S/C16H20ClFN2S/c1-16(2,3)15-13(9-19-4)21-14(20-15)8-10-11(17)6-5-7-12(10)18/h5-7,19H,8-9H2,1-4H3. The minimum Gasteiger partial charge on any atom is -0.315 e. The molecule has 21 heavy (non-hydrogen) atoms. The van der Waals surface area contributed by atoms with Gasteiger partial charge in [-0.2, -0.15) is 0 Å². The molecule has 0 unspecified atom stereocenters. The van der Waals surface area contributed by atoms with Crippen molar-refractivity contribution in [2.75, 3.05) is 7.05 Å². The minimum absolute atomic E-state index is 0.0278. The number of hydrogen-bond acceptors (Lipinski definition) is 3. The minimum atomic E-state index is -0.273. The van der Waals surface area contributed by atoms with Gasteiger partial charge in [0.1, 0.15) is 5.82 Å². The molecule has 0 bridgehead atoms. The highest BCUT2D eigenvalue weighted by Gasteiger charge is 2.23. The Morgan fingerprint density at radius 1 is 1.33 bits per heavy atom. The summed E-state index contributed by atoms with van der Waals surface area (Å²) in [6.45, 7) is 7.19. The summed E-state index contributed by atoms with van der Waals surface area (Å²) in [5, 5.41) is 4.52. The Hall–Kier alpha value is -0.970. The Morgan fingerprint density at radius 2 is 2.05 bits per heavy atom. The first-order valence-electron chi connectivity index (χ1n) is 6.89. The Morgan fingerprint density at radius 3 is 2.62 bits per heavy atom. The van der Waals surface area contributed by atoms with E-state index in [9.17, 15) is 4.39 Å². The number of thiazole rings is 1. The molecule has 0 spiro atoms. The van der Waals surface area contributed by atoms with Crippen molar-refractivity contribution in [3.05, 3.63) is 50.2 Å². The van der Waals surface area contributed by atoms with E-state index in [0.717, 1.165) is 17.2 Å². The molecule has 2 rings (SSSR count). The van der Waals surface area contributed by atoms with Gasteiger partial charge in [0, 0.05) is 33.8 Å². The molecule has 0 saturated heterocycles. The normalized spacial score (nSPS) is 11.9. The summed E-state index contributed by atoms with van der Waals surface area (Å²) in [6.07, 6.45) is 0.433. The molecule has 0 radical (unpaired) electrons. The number of nitrogens with one attached hydrogen (secondary N) is 1. The zero-order valence-electron chi connectivity index (χ0n) is 12.8. The van der Waals surface area contributed by atoms with E-state index in [1.54, 1.807) is 23.5 Å². The summed E-state index contributed by atoms with van der Waals surface area (Å²) in [4.78, 5) is 5.93. The third-order valence-electron chi connectivity index (χ3n) is 3.18. The first kappa shape index (κ1) is 16.4. The first-order chi connectivity index (χ1) is 9.82. The van der Waals surface area contributed by atoms with Crippen LogP contribution in [0, 0.1) is 5.82 Å². The van der Waals surface area contributed by atoms with Gasteiger partial charge < -0.3 is 5.32 Å². The Labute approximate surface area is 134 Å². The van der Waals surface area contributed by atoms with Crippen LogP contribution in [0.2, 0.25) is 5.02 Å². The monoisotopic (exact) mass is 326 g/mol. The Kier molecular flexibility index (Phi) is 5.02. The fourth-order valence-corrected chi connectivity index (χ4v) is 3.73. The summed E-state index contributed by atoms with van der Waals surface area (Å²) in [6, 6.07) is 4.77. The lowest BCUT2D eigenvalue weighted by Crippen LogP contribution is -2.16. The van der Waals surface area contributed by atoms with E-state index in [1.165, 1.54) is 10.9 Å². The topological polar surface area (TPSA) is 24.9 Å². The molecule has 2 aromatic rings. The van der Waals surface area contributed by atoms with Crippen LogP contribution >= 0.6 is 22.9 Å². The lowest BCUT2D eigenvalue weighted by Gasteiger charge is -2.17. The molecule has 1 aromatic carbocycles. The van der Waals surface area contributed by atoms with Crippen molar-refractivity contribution < 1.29 is 4.39 Å². The highest BCUT2D eigenvalue weighted by atomic mass is 35.5. The summed E-state index contributed by atoms with van der Waals surface area (Å²) in [7, 11) is 1.92. The Balaban J connectivity index is 2.37. The van der Waals surface area contributed by atoms with Gasteiger partial charge in [0.15, 0.2) is 0 Å². The maximum absolute atomic E-state index is 13.9. The van der Waals surface area contributed by atoms with Crippen LogP contribution < -0.4 is 5.32 Å². The van der Waals surface area contributed by atoms with Crippen molar-refractivity contribution in [3.63, 3.8) is 0 Å². The quantitative estimate of drug-likeness (QED) is 0.892. The van der Waals surface area contributed by atoms with Crippen LogP contribution in [0.25, 0.3) is 0 Å². The van der Waals surface area contributed by atoms with Gasteiger partial charge in [0.25, 0.3) is 0 Å². The van der Waals surface area contributed by atoms with Crippen molar-refractivity contribution in [2.45, 2.75) is 39.2 Å². The number of halogens is 2. The van der Waals surface area contributed by atoms with E-state index in [4.69, 9.17) is 16.6 Å². The SMILES string of the molecule is CNCc1sc(Cc2c(F)cccc2Cl)nc1C(C)(C)C. The molecule has 1 N–H and O–H groups in total. The first-order valence-corrected chi connectivity index (χ1v) is 8.09. The zero-order valence-corrected chi connectivity index (χ0v) is 14.3. The van der Waals surface area contributed by atoms with E-state index in [-0.39, 0.29) is 11.2 Å². The van der Waals surface area contributed by atoms with Crippen LogP contribution in [0.15, 0.2) is 18.2 Å². The van der Waals surface area contributed by atoms with Gasteiger partial charge in [0.2, 0.25) is 0 Å². The molecule has 0 atom stereocenters. The molecule has 0 fully saturated rings. The molecule has 1 heterocycles. The molecule has 114 valence electrons. The van der Waals surface area contributed by atoms with Crippen molar-refractivity contribution >= 4 is 22.9 Å². The predicted molar refractivity (Wildman–Crippen MR) is 87.8 cm³/mol. The molecular weight excluding hydrogens is 307 g/mol. The summed E-state index contributed by atoms with van der Waals surface area (Å²) >= 11 is 7.73. The second-order valence-corrected chi connectivity index (χ2v) is 7.61. The molecule has 0 aliphatic rings. The van der Waals surface area contributed by atoms with Crippen molar-refractivity contribution in [3.8, 4) is 0 Å². The summed E-state index contributed by atoms with van der Waals surface area (Å²) in [5.41, 5.74) is 1.56. The third-order valence-corrected chi connectivity index (χ3v) is 4.59. The lowest BCUT2D eigenvalue weighted by molar-refractivity contribution is 0.561. The fourth-order valence-electron chi connectivity index (χ4n) is 2.19. The molecule has 0 amide bonds. The van der Waals surface area contributed by atoms with Gasteiger partial charge in [-0.3, -0.25) is 0 Å². The Bertz CT molecular complexity index is 611. The number of benzene rings is 1. The van der Waals surface area contributed by atoms with Gasteiger partial charge >= 0.3 is 0 Å². The number of nitrogens with zero attached hydrogens (tertiary/aromatic N) is 1. The third kappa shape index (κ3) is 3.82. The number of hydrogen-bond donors (Lipinski definition) is 1. The van der Waals surface area contributed by atoms with Crippen LogP contribution in [0.1, 0.15) is 41.9 Å². The molecule has 0 aliphatic heterocycles. The number of aromatic nitrogens is 1. The smallest absolute Gasteiger partial charge is 0.128 e. The zero-order chi connectivity index (χ0) is 15.6. The van der Waals surface area contributed by atoms with Gasteiger partial charge in [-0.15, -0.1) is 11.3 Å². The van der Waals surface area contributed by atoms with E-state index >= 15 is 0 Å². The van der Waals surface area contributed by atoms with Gasteiger partial charge in [0.05, 0.1) is 10.7 Å². The largest absolute Gasteiger partial charge is 0.315 e. The predicted octanol–water partition coefficient (Wildman–Crippen LogP) is 4.54. The average Bonchev–Trinajstić information content (AvgIpc) is 2.77. The van der Waals surface area contributed by atoms with Crippen molar-refractivity contribution in [1.29, 1.82) is 0 Å². The van der Waals surface area contributed by atoms with E-state index in [0.29, 0.717) is 17.0 Å². The van der Waals surface area contributed by atoms with Crippen LogP contribution in [-0.2, 0) is 18.4 Å². The van der Waals surface area contributed by atoms with Crippen molar-refractivity contribution in [1.82, 2.24) is 10.3 Å². The molecular formula is C16H20ClFN2S. The highest BCUT2D eigenvalue weighted by Crippen LogP contribution is 2.32. The van der Waals surface area contributed by atoms with Crippen LogP contribution in [0.4, 0.5) is 4.39 Å². The van der Waals surface area contributed by atoms with Gasteiger partial charge in [-0.25, -0.2) is 9.37 Å². The number of rotatable bonds is 4. The van der Waals surface area contributed by atoms with Crippen LogP contribution in [0.5, 0.6) is 0 Å². The van der Waals surface area contributed by atoms with Crippen LogP contribution in [-0.4, -0.2) is 12.0 Å². The lowest BCUT2D eigenvalue weighted by atomic mass is 9.91. The van der Waals surface area contributed by atoms with Gasteiger partial charge in [-0.05, 0) is 19.2 Å². The second kappa shape index (κ2) is 6.42. The van der Waals surface area contributed by atoms with E-state index in [1.807, 2.05) is 7.05 Å². The molecule has 5 heteroatoms. The highest BCUT2D eigenvalue weighted by molar-refractivity contribution is 7.11. The molecule has 2 nitrogen and oxygen atoms in total. The molecule has 0 aliphatic carbocycles. The van der Waals surface area contributed by atoms with E-state index < -0.39 is 0 Å². The fraction of sp³-hybridized carbons (Fsp3) is 0.438. The summed E-state index contributed by atoms with van der Waals surface area (Å²) < 4.78 is 13.9. The van der Waals surface area contributed by atoms with E-state index in [2.05, 4.69) is 26.1 Å². The maximum atomic E-state index is 13.9. The van der Waals surface area contributed by atoms with Crippen molar-refractivity contribution in [2.24, 2.45) is 0 Å². The molecule has 1 aromatic heterocycles. The van der Waals surface area contributed by atoms with Gasteiger partial charge in [-0.1, -0.05) is 38.4 Å². The maximum Gasteiger partial charge on any atom is 0.128 e. The average molecular weight is 327 g/mol.